The first-order chi connectivity index (χ1) is 16.3. The van der Waals surface area contributed by atoms with Crippen molar-refractivity contribution < 1.29 is 4.79 Å². The zero-order valence-electron chi connectivity index (χ0n) is 18.6. The highest BCUT2D eigenvalue weighted by Gasteiger charge is 2.22. The lowest BCUT2D eigenvalue weighted by Crippen LogP contribution is -2.24. The van der Waals surface area contributed by atoms with Crippen molar-refractivity contribution >= 4 is 28.3 Å². The van der Waals surface area contributed by atoms with E-state index in [0.717, 1.165) is 41.9 Å². The average molecular weight is 454 g/mol. The highest BCUT2D eigenvalue weighted by Crippen LogP contribution is 2.42. The second-order valence-electron chi connectivity index (χ2n) is 8.50. The average Bonchev–Trinajstić information content (AvgIpc) is 3.24. The van der Waals surface area contributed by atoms with E-state index in [9.17, 15) is 4.79 Å². The number of nitrogens with zero attached hydrogens (tertiary/aromatic N) is 3. The Bertz CT molecular complexity index is 1240. The molecule has 0 amide bonds. The molecule has 1 aromatic heterocycles. The summed E-state index contributed by atoms with van der Waals surface area (Å²) in [6, 6.07) is 15.9. The summed E-state index contributed by atoms with van der Waals surface area (Å²) in [6.45, 7) is 2.24. The fourth-order valence-corrected chi connectivity index (χ4v) is 5.43. The van der Waals surface area contributed by atoms with Gasteiger partial charge in [0.2, 0.25) is 0 Å². The van der Waals surface area contributed by atoms with Gasteiger partial charge in [-0.1, -0.05) is 42.5 Å². The fraction of sp³-hybridized carbons (Fsp3) is 0.250. The van der Waals surface area contributed by atoms with Gasteiger partial charge in [-0.05, 0) is 84.0 Å². The predicted molar refractivity (Wildman–Crippen MR) is 135 cm³/mol. The minimum Gasteiger partial charge on any atom is -0.377 e. The molecule has 0 unspecified atom stereocenters. The van der Waals surface area contributed by atoms with Crippen molar-refractivity contribution in [1.82, 2.24) is 14.9 Å². The molecule has 0 radical (unpaired) electrons. The third-order valence-corrected chi connectivity index (χ3v) is 7.30. The molecule has 1 aliphatic carbocycles. The summed E-state index contributed by atoms with van der Waals surface area (Å²) in [7, 11) is 0. The predicted octanol–water partition coefficient (Wildman–Crippen LogP) is 6.58. The monoisotopic (exact) mass is 453 g/mol. The van der Waals surface area contributed by atoms with Crippen molar-refractivity contribution in [3.05, 3.63) is 101 Å². The first-order valence-electron chi connectivity index (χ1n) is 11.6. The number of allylic oxidation sites excluding steroid dienone is 4. The smallest absolute Gasteiger partial charge is 0.192 e. The number of hydrogen-bond acceptors (Lipinski definition) is 5. The molecule has 2 aliphatic rings. The lowest BCUT2D eigenvalue weighted by molar-refractivity contribution is 0.104. The van der Waals surface area contributed by atoms with Crippen LogP contribution < -0.4 is 0 Å². The Morgan fingerprint density at radius 3 is 2.52 bits per heavy atom. The molecular weight excluding hydrogens is 426 g/mol. The van der Waals surface area contributed by atoms with Gasteiger partial charge in [0.25, 0.3) is 0 Å². The van der Waals surface area contributed by atoms with E-state index in [1.54, 1.807) is 30.2 Å². The zero-order valence-corrected chi connectivity index (χ0v) is 19.4. The topological polar surface area (TPSA) is 46.1 Å². The van der Waals surface area contributed by atoms with Crippen molar-refractivity contribution in [2.75, 3.05) is 13.1 Å². The summed E-state index contributed by atoms with van der Waals surface area (Å²) in [5.41, 5.74) is 3.23. The van der Waals surface area contributed by atoms with Gasteiger partial charge in [-0.15, -0.1) is 0 Å². The van der Waals surface area contributed by atoms with Gasteiger partial charge in [-0.3, -0.25) is 4.79 Å². The molecule has 2 heterocycles. The van der Waals surface area contributed by atoms with Crippen molar-refractivity contribution in [3.63, 3.8) is 0 Å². The summed E-state index contributed by atoms with van der Waals surface area (Å²) in [5, 5.41) is 2.97. The molecule has 0 spiro atoms. The van der Waals surface area contributed by atoms with Crippen molar-refractivity contribution in [2.24, 2.45) is 0 Å². The molecule has 0 saturated carbocycles. The molecule has 0 atom stereocenters. The second kappa shape index (κ2) is 10.2. The maximum absolute atomic E-state index is 12.9. The van der Waals surface area contributed by atoms with Crippen LogP contribution >= 0.6 is 11.8 Å². The summed E-state index contributed by atoms with van der Waals surface area (Å²) in [4.78, 5) is 25.4. The van der Waals surface area contributed by atoms with Gasteiger partial charge in [0.1, 0.15) is 0 Å². The highest BCUT2D eigenvalue weighted by atomic mass is 32.2. The molecule has 3 aromatic rings. The number of likely N-dealkylation sites (tertiary alicyclic amines) is 1. The van der Waals surface area contributed by atoms with E-state index in [4.69, 9.17) is 0 Å². The van der Waals surface area contributed by atoms with E-state index in [1.165, 1.54) is 35.3 Å². The minimum atomic E-state index is 0.0297. The number of rotatable bonds is 6. The zero-order chi connectivity index (χ0) is 22.5. The summed E-state index contributed by atoms with van der Waals surface area (Å²) < 4.78 is 0. The van der Waals surface area contributed by atoms with Crippen LogP contribution in [0.1, 0.15) is 42.5 Å². The molecule has 0 N–H and O–H groups in total. The molecule has 166 valence electrons. The van der Waals surface area contributed by atoms with Gasteiger partial charge < -0.3 is 4.90 Å². The molecule has 1 fully saturated rings. The molecule has 4 nitrogen and oxygen atoms in total. The summed E-state index contributed by atoms with van der Waals surface area (Å²) in [6.07, 6.45) is 15.3. The van der Waals surface area contributed by atoms with Crippen LogP contribution in [-0.4, -0.2) is 33.7 Å². The van der Waals surface area contributed by atoms with E-state index in [2.05, 4.69) is 27.1 Å². The van der Waals surface area contributed by atoms with Crippen LogP contribution in [0.15, 0.2) is 100 Å². The van der Waals surface area contributed by atoms with E-state index in [-0.39, 0.29) is 5.78 Å². The lowest BCUT2D eigenvalue weighted by atomic mass is 10.0. The van der Waals surface area contributed by atoms with E-state index in [0.29, 0.717) is 5.56 Å². The van der Waals surface area contributed by atoms with E-state index < -0.39 is 0 Å². The first-order valence-corrected chi connectivity index (χ1v) is 12.4. The maximum atomic E-state index is 12.9. The number of ketones is 1. The van der Waals surface area contributed by atoms with Crippen LogP contribution in [0.25, 0.3) is 10.8 Å². The van der Waals surface area contributed by atoms with Gasteiger partial charge >= 0.3 is 0 Å². The Kier molecular flexibility index (Phi) is 6.68. The number of hydrogen-bond donors (Lipinski definition) is 0. The largest absolute Gasteiger partial charge is 0.377 e. The number of piperidine rings is 1. The van der Waals surface area contributed by atoms with Crippen molar-refractivity contribution in [1.29, 1.82) is 0 Å². The molecule has 1 aliphatic heterocycles. The summed E-state index contributed by atoms with van der Waals surface area (Å²) >= 11 is 1.61. The molecule has 0 bridgehead atoms. The van der Waals surface area contributed by atoms with E-state index in [1.807, 2.05) is 48.5 Å². The van der Waals surface area contributed by atoms with Crippen LogP contribution in [0.4, 0.5) is 0 Å². The van der Waals surface area contributed by atoms with Gasteiger partial charge in [-0.25, -0.2) is 9.97 Å². The SMILES string of the molecule is O=C(/C=C/C1=C(Sc2ncccn2)C(=C\N2CCCCC2)/CC1)c1ccc2ccccc2c1. The first kappa shape index (κ1) is 21.7. The Labute approximate surface area is 199 Å². The third-order valence-electron chi connectivity index (χ3n) is 6.18. The Balaban J connectivity index is 1.42. The number of thioether (sulfide) groups is 1. The molecule has 5 heteroatoms. The molecule has 5 rings (SSSR count). The van der Waals surface area contributed by atoms with Gasteiger partial charge in [0.05, 0.1) is 0 Å². The Morgan fingerprint density at radius 1 is 0.909 bits per heavy atom. The van der Waals surface area contributed by atoms with Crippen LogP contribution in [0, 0.1) is 0 Å². The molecule has 33 heavy (non-hydrogen) atoms. The molecule has 1 saturated heterocycles. The number of carbonyl (C=O) groups excluding carboxylic acids is 1. The minimum absolute atomic E-state index is 0.0297. The Morgan fingerprint density at radius 2 is 1.70 bits per heavy atom. The number of carbonyl (C=O) groups is 1. The van der Waals surface area contributed by atoms with Gasteiger partial charge in [-0.2, -0.15) is 0 Å². The standard InChI is InChI=1S/C28H27N3OS/c32-26(24-11-9-21-7-2-3-8-23(21)19-24)14-13-22-10-12-25(20-31-17-4-1-5-18-31)27(22)33-28-29-15-6-16-30-28/h2-3,6-9,11,13-16,19-20H,1,4-5,10,12,17-18H2/b14-13+,25-20-. The Hall–Kier alpha value is -3.18. The van der Waals surface area contributed by atoms with Crippen molar-refractivity contribution in [3.8, 4) is 0 Å². The van der Waals surface area contributed by atoms with Crippen molar-refractivity contribution in [2.45, 2.75) is 37.3 Å². The quantitative estimate of drug-likeness (QED) is 0.240. The number of aromatic nitrogens is 2. The molecule has 2 aromatic carbocycles. The summed E-state index contributed by atoms with van der Waals surface area (Å²) in [5.74, 6) is 0.0297. The normalized spacial score (nSPS) is 18.1. The third kappa shape index (κ3) is 5.25. The van der Waals surface area contributed by atoms with Crippen LogP contribution in [0.2, 0.25) is 0 Å². The molecular formula is C28H27N3OS. The highest BCUT2D eigenvalue weighted by molar-refractivity contribution is 8.03. The number of benzene rings is 2. The van der Waals surface area contributed by atoms with Crippen LogP contribution in [0.5, 0.6) is 0 Å². The lowest BCUT2D eigenvalue weighted by Gasteiger charge is -2.26. The fourth-order valence-electron chi connectivity index (χ4n) is 4.43. The second-order valence-corrected chi connectivity index (χ2v) is 9.48. The maximum Gasteiger partial charge on any atom is 0.192 e. The van der Waals surface area contributed by atoms with Crippen LogP contribution in [-0.2, 0) is 0 Å². The van der Waals surface area contributed by atoms with Gasteiger partial charge in [0.15, 0.2) is 10.9 Å². The number of fused-ring (bicyclic) bond motifs is 1. The van der Waals surface area contributed by atoms with Gasteiger partial charge in [0, 0.05) is 42.2 Å². The van der Waals surface area contributed by atoms with E-state index >= 15 is 0 Å². The van der Waals surface area contributed by atoms with Crippen LogP contribution in [0.3, 0.4) is 0 Å².